The normalized spacial score (nSPS) is 10.1. The first-order valence-electron chi connectivity index (χ1n) is 6.19. The Morgan fingerprint density at radius 2 is 1.95 bits per heavy atom. The number of phenols is 1. The van der Waals surface area contributed by atoms with Crippen LogP contribution in [-0.4, -0.2) is 16.0 Å². The third-order valence-corrected chi connectivity index (χ3v) is 2.81. The number of rotatable bonds is 5. The van der Waals surface area contributed by atoms with Crippen molar-refractivity contribution in [2.75, 3.05) is 0 Å². The molecule has 0 aliphatic rings. The first-order valence-corrected chi connectivity index (χ1v) is 6.19. The molecule has 1 aromatic carbocycles. The molecule has 4 nitrogen and oxygen atoms in total. The maximum absolute atomic E-state index is 11.7. The van der Waals surface area contributed by atoms with Gasteiger partial charge in [0.05, 0.1) is 12.2 Å². The van der Waals surface area contributed by atoms with E-state index in [9.17, 15) is 9.90 Å². The topological polar surface area (TPSA) is 62.2 Å². The van der Waals surface area contributed by atoms with Crippen molar-refractivity contribution in [2.45, 2.75) is 19.4 Å². The van der Waals surface area contributed by atoms with E-state index in [0.717, 1.165) is 11.3 Å². The summed E-state index contributed by atoms with van der Waals surface area (Å²) in [4.78, 5) is 15.8. The number of nitrogens with one attached hydrogen (secondary N) is 1. The van der Waals surface area contributed by atoms with Crippen LogP contribution in [0.3, 0.4) is 0 Å². The SMILES string of the molecule is O=C(CCc1ccccc1O)NCc1ccccn1. The molecule has 0 atom stereocenters. The second-order valence-corrected chi connectivity index (χ2v) is 4.23. The highest BCUT2D eigenvalue weighted by molar-refractivity contribution is 5.76. The average Bonchev–Trinajstić information content (AvgIpc) is 2.45. The number of phenolic OH excluding ortho intramolecular Hbond substituents is 1. The lowest BCUT2D eigenvalue weighted by atomic mass is 10.1. The van der Waals surface area contributed by atoms with Crippen molar-refractivity contribution in [3.05, 3.63) is 59.9 Å². The minimum absolute atomic E-state index is 0.0473. The summed E-state index contributed by atoms with van der Waals surface area (Å²) < 4.78 is 0. The summed E-state index contributed by atoms with van der Waals surface area (Å²) in [5.74, 6) is 0.189. The van der Waals surface area contributed by atoms with Crippen LogP contribution in [-0.2, 0) is 17.8 Å². The van der Waals surface area contributed by atoms with Gasteiger partial charge in [0, 0.05) is 12.6 Å². The number of aromatic nitrogens is 1. The molecule has 0 spiro atoms. The monoisotopic (exact) mass is 256 g/mol. The highest BCUT2D eigenvalue weighted by Crippen LogP contribution is 2.16. The summed E-state index contributed by atoms with van der Waals surface area (Å²) >= 11 is 0. The molecule has 0 saturated heterocycles. The average molecular weight is 256 g/mol. The summed E-state index contributed by atoms with van der Waals surface area (Å²) in [5.41, 5.74) is 1.62. The van der Waals surface area contributed by atoms with Crippen LogP contribution in [0.2, 0.25) is 0 Å². The molecule has 1 aromatic heterocycles. The molecule has 0 fully saturated rings. The predicted octanol–water partition coefficient (Wildman–Crippen LogP) is 2.04. The number of carbonyl (C=O) groups is 1. The fourth-order valence-corrected chi connectivity index (χ4v) is 1.75. The molecule has 1 heterocycles. The van der Waals surface area contributed by atoms with Gasteiger partial charge < -0.3 is 10.4 Å². The van der Waals surface area contributed by atoms with E-state index in [1.807, 2.05) is 30.3 Å². The zero-order chi connectivity index (χ0) is 13.5. The highest BCUT2D eigenvalue weighted by atomic mass is 16.3. The zero-order valence-electron chi connectivity index (χ0n) is 10.5. The van der Waals surface area contributed by atoms with Crippen LogP contribution in [0.25, 0.3) is 0 Å². The predicted molar refractivity (Wildman–Crippen MR) is 72.5 cm³/mol. The first kappa shape index (κ1) is 13.1. The number of amides is 1. The fraction of sp³-hybridized carbons (Fsp3) is 0.200. The maximum Gasteiger partial charge on any atom is 0.220 e. The van der Waals surface area contributed by atoms with E-state index in [1.54, 1.807) is 18.3 Å². The molecule has 0 aliphatic carbocycles. The van der Waals surface area contributed by atoms with Crippen molar-refractivity contribution in [3.8, 4) is 5.75 Å². The minimum atomic E-state index is -0.0473. The highest BCUT2D eigenvalue weighted by Gasteiger charge is 2.05. The molecule has 0 aliphatic heterocycles. The number of para-hydroxylation sites is 1. The van der Waals surface area contributed by atoms with E-state index in [-0.39, 0.29) is 11.7 Å². The Hall–Kier alpha value is -2.36. The minimum Gasteiger partial charge on any atom is -0.508 e. The Morgan fingerprint density at radius 1 is 1.16 bits per heavy atom. The van der Waals surface area contributed by atoms with Crippen LogP contribution in [0, 0.1) is 0 Å². The van der Waals surface area contributed by atoms with Crippen LogP contribution in [0.1, 0.15) is 17.7 Å². The summed E-state index contributed by atoms with van der Waals surface area (Å²) in [6.07, 6.45) is 2.58. The molecule has 0 bridgehead atoms. The Balaban J connectivity index is 1.78. The second kappa shape index (κ2) is 6.54. The molecule has 1 amide bonds. The number of pyridine rings is 1. The molecular formula is C15H16N2O2. The molecule has 0 radical (unpaired) electrons. The van der Waals surface area contributed by atoms with Gasteiger partial charge in [-0.05, 0) is 30.2 Å². The van der Waals surface area contributed by atoms with Crippen molar-refractivity contribution in [3.63, 3.8) is 0 Å². The largest absolute Gasteiger partial charge is 0.508 e. The second-order valence-electron chi connectivity index (χ2n) is 4.23. The Labute approximate surface area is 112 Å². The maximum atomic E-state index is 11.7. The molecule has 2 rings (SSSR count). The van der Waals surface area contributed by atoms with E-state index in [0.29, 0.717) is 19.4 Å². The van der Waals surface area contributed by atoms with Crippen molar-refractivity contribution in [2.24, 2.45) is 0 Å². The van der Waals surface area contributed by atoms with Crippen LogP contribution in [0.4, 0.5) is 0 Å². The molecule has 98 valence electrons. The van der Waals surface area contributed by atoms with Crippen molar-refractivity contribution in [1.82, 2.24) is 10.3 Å². The van der Waals surface area contributed by atoms with Gasteiger partial charge in [-0.15, -0.1) is 0 Å². The van der Waals surface area contributed by atoms with E-state index in [2.05, 4.69) is 10.3 Å². The lowest BCUT2D eigenvalue weighted by molar-refractivity contribution is -0.121. The number of aryl methyl sites for hydroxylation is 1. The van der Waals surface area contributed by atoms with Gasteiger partial charge in [0.15, 0.2) is 0 Å². The zero-order valence-corrected chi connectivity index (χ0v) is 10.5. The van der Waals surface area contributed by atoms with Crippen LogP contribution < -0.4 is 5.32 Å². The molecular weight excluding hydrogens is 240 g/mol. The van der Waals surface area contributed by atoms with Gasteiger partial charge in [0.25, 0.3) is 0 Å². The van der Waals surface area contributed by atoms with E-state index in [4.69, 9.17) is 0 Å². The molecule has 2 N–H and O–H groups in total. The number of hydrogen-bond acceptors (Lipinski definition) is 3. The standard InChI is InChI=1S/C15H16N2O2/c18-14-7-2-1-5-12(14)8-9-15(19)17-11-13-6-3-4-10-16-13/h1-7,10,18H,8-9,11H2,(H,17,19). The van der Waals surface area contributed by atoms with Gasteiger partial charge in [0.2, 0.25) is 5.91 Å². The Bertz CT molecular complexity index is 541. The molecule has 19 heavy (non-hydrogen) atoms. The summed E-state index contributed by atoms with van der Waals surface area (Å²) in [7, 11) is 0. The smallest absolute Gasteiger partial charge is 0.220 e. The molecule has 0 unspecified atom stereocenters. The first-order chi connectivity index (χ1) is 9.25. The van der Waals surface area contributed by atoms with Crippen molar-refractivity contribution >= 4 is 5.91 Å². The van der Waals surface area contributed by atoms with Crippen LogP contribution >= 0.6 is 0 Å². The third-order valence-electron chi connectivity index (χ3n) is 2.81. The number of aromatic hydroxyl groups is 1. The summed E-state index contributed by atoms with van der Waals surface area (Å²) in [5, 5.41) is 12.4. The number of hydrogen-bond donors (Lipinski definition) is 2. The van der Waals surface area contributed by atoms with Crippen LogP contribution in [0.15, 0.2) is 48.7 Å². The Kier molecular flexibility index (Phi) is 4.50. The third kappa shape index (κ3) is 4.10. The Morgan fingerprint density at radius 3 is 2.68 bits per heavy atom. The lowest BCUT2D eigenvalue weighted by Gasteiger charge is -2.06. The number of nitrogens with zero attached hydrogens (tertiary/aromatic N) is 1. The summed E-state index contributed by atoms with van der Waals surface area (Å²) in [6, 6.07) is 12.6. The van der Waals surface area contributed by atoms with Gasteiger partial charge in [-0.3, -0.25) is 9.78 Å². The van der Waals surface area contributed by atoms with E-state index >= 15 is 0 Å². The van der Waals surface area contributed by atoms with E-state index in [1.165, 1.54) is 0 Å². The van der Waals surface area contributed by atoms with E-state index < -0.39 is 0 Å². The lowest BCUT2D eigenvalue weighted by Crippen LogP contribution is -2.23. The number of carbonyl (C=O) groups excluding carboxylic acids is 1. The van der Waals surface area contributed by atoms with Gasteiger partial charge >= 0.3 is 0 Å². The molecule has 0 saturated carbocycles. The van der Waals surface area contributed by atoms with Crippen molar-refractivity contribution < 1.29 is 9.90 Å². The van der Waals surface area contributed by atoms with Crippen molar-refractivity contribution in [1.29, 1.82) is 0 Å². The van der Waals surface area contributed by atoms with Gasteiger partial charge in [0.1, 0.15) is 5.75 Å². The van der Waals surface area contributed by atoms with Gasteiger partial charge in [-0.2, -0.15) is 0 Å². The quantitative estimate of drug-likeness (QED) is 0.860. The van der Waals surface area contributed by atoms with Crippen LogP contribution in [0.5, 0.6) is 5.75 Å². The number of benzene rings is 1. The van der Waals surface area contributed by atoms with Gasteiger partial charge in [-0.25, -0.2) is 0 Å². The summed E-state index contributed by atoms with van der Waals surface area (Å²) in [6.45, 7) is 0.431. The van der Waals surface area contributed by atoms with Gasteiger partial charge in [-0.1, -0.05) is 24.3 Å². The molecule has 2 aromatic rings. The molecule has 4 heteroatoms. The fourth-order valence-electron chi connectivity index (χ4n) is 1.75.